The third-order valence-electron chi connectivity index (χ3n) is 6.04. The Morgan fingerprint density at radius 1 is 0.950 bits per heavy atom. The Hall–Kier alpha value is -3.60. The van der Waals surface area contributed by atoms with Crippen molar-refractivity contribution >= 4 is 79.7 Å². The highest BCUT2D eigenvalue weighted by atomic mass is 79.9. The first-order chi connectivity index (χ1) is 19.0. The number of rotatable bonds is 8. The Balaban J connectivity index is 1.31. The van der Waals surface area contributed by atoms with Crippen LogP contribution in [0.5, 0.6) is 5.75 Å². The Bertz CT molecular complexity index is 1540. The van der Waals surface area contributed by atoms with Crippen molar-refractivity contribution in [3.05, 3.63) is 91.3 Å². The zero-order chi connectivity index (χ0) is 29.0. The number of carbonyl (C=O) groups excluding carboxylic acids is 4. The van der Waals surface area contributed by atoms with Gasteiger partial charge in [0.1, 0.15) is 12.3 Å². The van der Waals surface area contributed by atoms with Crippen molar-refractivity contribution in [3.63, 3.8) is 0 Å². The average molecular weight is 643 g/mol. The zero-order valence-corrected chi connectivity index (χ0v) is 25.0. The molecule has 1 aliphatic heterocycles. The van der Waals surface area contributed by atoms with Crippen LogP contribution < -0.4 is 15.4 Å². The molecule has 0 spiro atoms. The molecule has 0 saturated carbocycles. The number of carbonyl (C=O) groups is 4. The number of hydrogen-bond acceptors (Lipinski definition) is 6. The Morgan fingerprint density at radius 3 is 2.35 bits per heavy atom. The number of ether oxygens (including phenoxy) is 1. The first-order valence-electron chi connectivity index (χ1n) is 12.1. The number of amides is 4. The van der Waals surface area contributed by atoms with E-state index in [1.807, 2.05) is 32.9 Å². The van der Waals surface area contributed by atoms with Crippen molar-refractivity contribution < 1.29 is 23.9 Å². The summed E-state index contributed by atoms with van der Waals surface area (Å²) in [5.74, 6) is -0.913. The van der Waals surface area contributed by atoms with E-state index in [9.17, 15) is 19.2 Å². The number of nitrogens with one attached hydrogen (secondary N) is 2. The van der Waals surface area contributed by atoms with Gasteiger partial charge in [-0.3, -0.25) is 24.1 Å². The van der Waals surface area contributed by atoms with Gasteiger partial charge >= 0.3 is 0 Å². The SMILES string of the molecule is Cc1cc(Br)c(NC(=O)COc2ccc(/C=C3/SC(=O)N(CC(=O)Nc4ccc(C)c(Cl)c4)C3=O)cc2)cc1C. The maximum absolute atomic E-state index is 12.8. The van der Waals surface area contributed by atoms with Crippen LogP contribution in [0.3, 0.4) is 0 Å². The number of thioether (sulfide) groups is 1. The van der Waals surface area contributed by atoms with Crippen LogP contribution in [0.2, 0.25) is 5.02 Å². The first kappa shape index (κ1) is 29.4. The van der Waals surface area contributed by atoms with Crippen LogP contribution >= 0.6 is 39.3 Å². The summed E-state index contributed by atoms with van der Waals surface area (Å²) in [6.07, 6.45) is 1.57. The van der Waals surface area contributed by atoms with Crippen molar-refractivity contribution in [2.24, 2.45) is 0 Å². The standard InChI is InChI=1S/C29H25BrClN3O5S/c1-16-4-7-20(13-23(16)31)32-26(35)14-34-28(37)25(40-29(34)38)12-19-5-8-21(9-6-19)39-15-27(36)33-24-11-18(3)17(2)10-22(24)30/h4-13H,14-15H2,1-3H3,(H,32,35)(H,33,36)/b25-12+. The minimum Gasteiger partial charge on any atom is -0.484 e. The molecular weight excluding hydrogens is 618 g/mol. The molecule has 40 heavy (non-hydrogen) atoms. The minimum absolute atomic E-state index is 0.186. The smallest absolute Gasteiger partial charge is 0.294 e. The lowest BCUT2D eigenvalue weighted by atomic mass is 10.1. The van der Waals surface area contributed by atoms with E-state index in [-0.39, 0.29) is 17.4 Å². The van der Waals surface area contributed by atoms with Crippen LogP contribution in [0.15, 0.2) is 64.0 Å². The normalized spacial score (nSPS) is 14.0. The van der Waals surface area contributed by atoms with Gasteiger partial charge in [0.25, 0.3) is 17.1 Å². The highest BCUT2D eigenvalue weighted by Crippen LogP contribution is 2.32. The molecule has 1 heterocycles. The summed E-state index contributed by atoms with van der Waals surface area (Å²) in [6, 6.07) is 15.6. The highest BCUT2D eigenvalue weighted by Gasteiger charge is 2.36. The Labute approximate surface area is 249 Å². The van der Waals surface area contributed by atoms with Gasteiger partial charge in [0.05, 0.1) is 10.6 Å². The molecule has 0 unspecified atom stereocenters. The van der Waals surface area contributed by atoms with E-state index < -0.39 is 23.6 Å². The maximum atomic E-state index is 12.8. The molecule has 4 rings (SSSR count). The third kappa shape index (κ3) is 7.32. The summed E-state index contributed by atoms with van der Waals surface area (Å²) >= 11 is 10.3. The van der Waals surface area contributed by atoms with Gasteiger partial charge in [0.2, 0.25) is 5.91 Å². The molecule has 2 N–H and O–H groups in total. The van der Waals surface area contributed by atoms with E-state index in [1.54, 1.807) is 48.5 Å². The highest BCUT2D eigenvalue weighted by molar-refractivity contribution is 9.10. The number of halogens is 2. The maximum Gasteiger partial charge on any atom is 0.294 e. The summed E-state index contributed by atoms with van der Waals surface area (Å²) in [4.78, 5) is 51.1. The third-order valence-corrected chi connectivity index (χ3v) is 8.01. The fraction of sp³-hybridized carbons (Fsp3) is 0.172. The van der Waals surface area contributed by atoms with E-state index in [0.717, 1.165) is 37.8 Å². The number of anilines is 2. The molecule has 1 fully saturated rings. The van der Waals surface area contributed by atoms with Crippen molar-refractivity contribution in [1.29, 1.82) is 0 Å². The first-order valence-corrected chi connectivity index (χ1v) is 14.1. The molecule has 0 aromatic heterocycles. The van der Waals surface area contributed by atoms with Crippen LogP contribution in [-0.2, 0) is 14.4 Å². The second kappa shape index (κ2) is 12.7. The van der Waals surface area contributed by atoms with Crippen LogP contribution in [0.1, 0.15) is 22.3 Å². The molecule has 1 saturated heterocycles. The molecule has 11 heteroatoms. The van der Waals surface area contributed by atoms with Gasteiger partial charge in [0.15, 0.2) is 6.61 Å². The second-order valence-electron chi connectivity index (χ2n) is 9.10. The number of hydrogen-bond donors (Lipinski definition) is 2. The van der Waals surface area contributed by atoms with Crippen molar-refractivity contribution in [1.82, 2.24) is 4.90 Å². The average Bonchev–Trinajstić information content (AvgIpc) is 3.16. The number of imide groups is 1. The van der Waals surface area contributed by atoms with Gasteiger partial charge in [-0.15, -0.1) is 0 Å². The minimum atomic E-state index is -0.554. The quantitative estimate of drug-likeness (QED) is 0.265. The van der Waals surface area contributed by atoms with Crippen molar-refractivity contribution in [3.8, 4) is 5.75 Å². The van der Waals surface area contributed by atoms with Gasteiger partial charge in [-0.05, 0) is 113 Å². The van der Waals surface area contributed by atoms with E-state index in [1.165, 1.54) is 0 Å². The van der Waals surface area contributed by atoms with Crippen LogP contribution in [-0.4, -0.2) is 41.0 Å². The molecule has 1 aliphatic rings. The van der Waals surface area contributed by atoms with Crippen molar-refractivity contribution in [2.45, 2.75) is 20.8 Å². The monoisotopic (exact) mass is 641 g/mol. The molecular formula is C29H25BrClN3O5S. The predicted molar refractivity (Wildman–Crippen MR) is 162 cm³/mol. The molecule has 3 aromatic rings. The van der Waals surface area contributed by atoms with E-state index in [0.29, 0.717) is 27.7 Å². The lowest BCUT2D eigenvalue weighted by Gasteiger charge is -2.13. The van der Waals surface area contributed by atoms with E-state index >= 15 is 0 Å². The zero-order valence-electron chi connectivity index (χ0n) is 21.8. The summed E-state index contributed by atoms with van der Waals surface area (Å²) in [5, 5.41) is 5.43. The van der Waals surface area contributed by atoms with Gasteiger partial charge in [-0.2, -0.15) is 0 Å². The fourth-order valence-corrected chi connectivity index (χ4v) is 5.25. The Kier molecular flexibility index (Phi) is 9.34. The van der Waals surface area contributed by atoms with Crippen LogP contribution in [0.25, 0.3) is 6.08 Å². The number of benzene rings is 3. The lowest BCUT2D eigenvalue weighted by Crippen LogP contribution is -2.36. The van der Waals surface area contributed by atoms with E-state index in [2.05, 4.69) is 26.6 Å². The second-order valence-corrected chi connectivity index (χ2v) is 11.4. The van der Waals surface area contributed by atoms with Gasteiger partial charge in [-0.1, -0.05) is 29.8 Å². The number of nitrogens with zero attached hydrogens (tertiary/aromatic N) is 1. The van der Waals surface area contributed by atoms with Gasteiger partial charge < -0.3 is 15.4 Å². The summed E-state index contributed by atoms with van der Waals surface area (Å²) in [6.45, 7) is 5.20. The Morgan fingerprint density at radius 2 is 1.65 bits per heavy atom. The lowest BCUT2D eigenvalue weighted by molar-refractivity contribution is -0.127. The molecule has 3 aromatic carbocycles. The van der Waals surface area contributed by atoms with Crippen LogP contribution in [0.4, 0.5) is 16.2 Å². The number of aryl methyl sites for hydroxylation is 3. The topological polar surface area (TPSA) is 105 Å². The molecule has 0 atom stereocenters. The molecule has 206 valence electrons. The molecule has 0 radical (unpaired) electrons. The molecule has 0 aliphatic carbocycles. The summed E-state index contributed by atoms with van der Waals surface area (Å²) < 4.78 is 6.37. The van der Waals surface area contributed by atoms with E-state index in [4.69, 9.17) is 16.3 Å². The van der Waals surface area contributed by atoms with Gasteiger partial charge in [0, 0.05) is 15.2 Å². The largest absolute Gasteiger partial charge is 0.484 e. The fourth-order valence-electron chi connectivity index (χ4n) is 3.67. The van der Waals surface area contributed by atoms with Gasteiger partial charge in [-0.25, -0.2) is 0 Å². The van der Waals surface area contributed by atoms with Crippen LogP contribution in [0, 0.1) is 20.8 Å². The predicted octanol–water partition coefficient (Wildman–Crippen LogP) is 6.72. The van der Waals surface area contributed by atoms with Crippen molar-refractivity contribution in [2.75, 3.05) is 23.8 Å². The molecule has 0 bridgehead atoms. The summed E-state index contributed by atoms with van der Waals surface area (Å²) in [7, 11) is 0. The molecule has 4 amide bonds. The molecule has 8 nitrogen and oxygen atoms in total. The summed E-state index contributed by atoms with van der Waals surface area (Å²) in [5.41, 5.74) is 4.82.